The zero-order chi connectivity index (χ0) is 20.4. The summed E-state index contributed by atoms with van der Waals surface area (Å²) >= 11 is 0. The topological polar surface area (TPSA) is 54.7 Å². The fourth-order valence-electron chi connectivity index (χ4n) is 3.71. The van der Waals surface area contributed by atoms with Gasteiger partial charge in [-0.15, -0.1) is 6.58 Å². The maximum absolute atomic E-state index is 13.3. The lowest BCUT2D eigenvalue weighted by Crippen LogP contribution is -2.13. The smallest absolute Gasteiger partial charge is 0.268 e. The van der Waals surface area contributed by atoms with E-state index in [1.54, 1.807) is 18.3 Å². The van der Waals surface area contributed by atoms with Crippen LogP contribution in [0.5, 0.6) is 0 Å². The van der Waals surface area contributed by atoms with Gasteiger partial charge in [0, 0.05) is 36.8 Å². The Morgan fingerprint density at radius 3 is 2.45 bits per heavy atom. The fraction of sp³-hybridized carbons (Fsp3) is 0.261. The second-order valence-corrected chi connectivity index (χ2v) is 9.22. The highest BCUT2D eigenvalue weighted by molar-refractivity contribution is 7.90. The van der Waals surface area contributed by atoms with Crippen molar-refractivity contribution in [2.75, 3.05) is 13.1 Å². The van der Waals surface area contributed by atoms with E-state index in [9.17, 15) is 8.42 Å². The summed E-state index contributed by atoms with van der Waals surface area (Å²) in [5, 5.41) is 7.54. The summed E-state index contributed by atoms with van der Waals surface area (Å²) < 4.78 is 28.1. The molecule has 0 spiro atoms. The lowest BCUT2D eigenvalue weighted by Gasteiger charge is -2.12. The number of aromatic nitrogens is 1. The normalized spacial score (nSPS) is 16.0. The monoisotopic (exact) mass is 407 g/mol. The highest BCUT2D eigenvalue weighted by Gasteiger charge is 2.23. The molecule has 0 aliphatic carbocycles. The second kappa shape index (κ2) is 7.87. The number of allylic oxidation sites excluding steroid dienone is 1. The van der Waals surface area contributed by atoms with Gasteiger partial charge >= 0.3 is 0 Å². The van der Waals surface area contributed by atoms with Crippen LogP contribution in [0.25, 0.3) is 10.9 Å². The fourth-order valence-corrected chi connectivity index (χ4v) is 5.09. The number of benzene rings is 2. The molecule has 0 unspecified atom stereocenters. The highest BCUT2D eigenvalue weighted by atomic mass is 32.2. The van der Waals surface area contributed by atoms with E-state index >= 15 is 0 Å². The zero-order valence-corrected chi connectivity index (χ0v) is 17.3. The Labute approximate surface area is 172 Å². The van der Waals surface area contributed by atoms with Gasteiger partial charge in [-0.25, -0.2) is 12.4 Å². The molecule has 1 fully saturated rings. The minimum atomic E-state index is -3.71. The first-order chi connectivity index (χ1) is 14.0. The van der Waals surface area contributed by atoms with Crippen molar-refractivity contribution in [3.8, 4) is 0 Å². The van der Waals surface area contributed by atoms with Gasteiger partial charge in [0.05, 0.1) is 10.4 Å². The number of hydrazone groups is 1. The summed E-state index contributed by atoms with van der Waals surface area (Å²) in [4.78, 5) is 0.274. The summed E-state index contributed by atoms with van der Waals surface area (Å²) in [6, 6.07) is 14.5. The van der Waals surface area contributed by atoms with Gasteiger partial charge in [-0.1, -0.05) is 42.0 Å². The molecule has 0 bridgehead atoms. The summed E-state index contributed by atoms with van der Waals surface area (Å²) in [7, 11) is -3.71. The van der Waals surface area contributed by atoms with Gasteiger partial charge in [-0.05, 0) is 43.5 Å². The third-order valence-electron chi connectivity index (χ3n) is 5.37. The molecule has 2 heterocycles. The Morgan fingerprint density at radius 1 is 1.07 bits per heavy atom. The molecule has 0 saturated carbocycles. The van der Waals surface area contributed by atoms with E-state index in [2.05, 4.69) is 16.7 Å². The van der Waals surface area contributed by atoms with Gasteiger partial charge in [-0.2, -0.15) is 5.10 Å². The number of rotatable bonds is 6. The van der Waals surface area contributed by atoms with Crippen LogP contribution in [0, 0.1) is 6.92 Å². The Bertz CT molecular complexity index is 1150. The first-order valence-electron chi connectivity index (χ1n) is 9.84. The minimum absolute atomic E-state index is 0.171. The van der Waals surface area contributed by atoms with Crippen molar-refractivity contribution in [1.82, 2.24) is 8.98 Å². The first-order valence-corrected chi connectivity index (χ1v) is 11.3. The highest BCUT2D eigenvalue weighted by Crippen LogP contribution is 2.31. The lowest BCUT2D eigenvalue weighted by atomic mass is 10.00. The summed E-state index contributed by atoms with van der Waals surface area (Å²) in [6.45, 7) is 7.82. The molecule has 0 N–H and O–H groups in total. The van der Waals surface area contributed by atoms with Crippen molar-refractivity contribution < 1.29 is 8.42 Å². The van der Waals surface area contributed by atoms with Gasteiger partial charge in [0.25, 0.3) is 10.0 Å². The van der Waals surface area contributed by atoms with Crippen molar-refractivity contribution in [2.45, 2.75) is 30.6 Å². The van der Waals surface area contributed by atoms with Crippen molar-refractivity contribution in [1.29, 1.82) is 0 Å². The first kappa shape index (κ1) is 19.5. The Kier molecular flexibility index (Phi) is 5.28. The van der Waals surface area contributed by atoms with Gasteiger partial charge in [0.15, 0.2) is 0 Å². The molecule has 1 saturated heterocycles. The van der Waals surface area contributed by atoms with Gasteiger partial charge in [-0.3, -0.25) is 5.01 Å². The second-order valence-electron chi connectivity index (χ2n) is 7.40. The van der Waals surface area contributed by atoms with E-state index in [0.29, 0.717) is 5.52 Å². The van der Waals surface area contributed by atoms with Crippen LogP contribution in [0.15, 0.2) is 77.4 Å². The van der Waals surface area contributed by atoms with Gasteiger partial charge < -0.3 is 0 Å². The maximum Gasteiger partial charge on any atom is 0.268 e. The minimum Gasteiger partial charge on any atom is -0.297 e. The van der Waals surface area contributed by atoms with E-state index in [4.69, 9.17) is 0 Å². The summed E-state index contributed by atoms with van der Waals surface area (Å²) in [5.41, 5.74) is 2.56. The molecule has 0 radical (unpaired) electrons. The van der Waals surface area contributed by atoms with Crippen LogP contribution >= 0.6 is 0 Å². The quantitative estimate of drug-likeness (QED) is 0.445. The van der Waals surface area contributed by atoms with E-state index in [0.717, 1.165) is 42.4 Å². The van der Waals surface area contributed by atoms with Crippen LogP contribution in [0.4, 0.5) is 0 Å². The van der Waals surface area contributed by atoms with Crippen LogP contribution in [0.1, 0.15) is 29.9 Å². The third-order valence-corrected chi connectivity index (χ3v) is 7.06. The van der Waals surface area contributed by atoms with Crippen LogP contribution in [0.3, 0.4) is 0 Å². The molecule has 2 aromatic carbocycles. The predicted octanol–water partition coefficient (Wildman–Crippen LogP) is 4.54. The number of fused-ring (bicyclic) bond motifs is 1. The summed E-state index contributed by atoms with van der Waals surface area (Å²) in [6.07, 6.45) is 7.70. The van der Waals surface area contributed by atoms with Crippen molar-refractivity contribution >= 4 is 27.1 Å². The molecular formula is C23H25N3O2S. The molecule has 6 heteroatoms. The lowest BCUT2D eigenvalue weighted by molar-refractivity contribution is 0.361. The third kappa shape index (κ3) is 3.72. The van der Waals surface area contributed by atoms with Gasteiger partial charge in [0.2, 0.25) is 0 Å². The van der Waals surface area contributed by atoms with E-state index in [-0.39, 0.29) is 10.8 Å². The van der Waals surface area contributed by atoms with E-state index in [1.807, 2.05) is 55.6 Å². The molecule has 5 nitrogen and oxygen atoms in total. The number of hydrogen-bond acceptors (Lipinski definition) is 4. The number of para-hydroxylation sites is 1. The van der Waals surface area contributed by atoms with Crippen LogP contribution in [-0.4, -0.2) is 36.7 Å². The van der Waals surface area contributed by atoms with Crippen LogP contribution in [0.2, 0.25) is 0 Å². The number of nitrogens with zero attached hydrogens (tertiary/aromatic N) is 3. The summed E-state index contributed by atoms with van der Waals surface area (Å²) in [5.74, 6) is -0.171. The average molecular weight is 408 g/mol. The average Bonchev–Trinajstić information content (AvgIpc) is 3.37. The van der Waals surface area contributed by atoms with Crippen molar-refractivity contribution in [3.63, 3.8) is 0 Å². The van der Waals surface area contributed by atoms with Crippen LogP contribution in [-0.2, 0) is 10.0 Å². The molecule has 1 aliphatic rings. The molecule has 1 atom stereocenters. The zero-order valence-electron chi connectivity index (χ0n) is 16.5. The molecular weight excluding hydrogens is 382 g/mol. The molecule has 150 valence electrons. The molecule has 4 rings (SSSR count). The van der Waals surface area contributed by atoms with Crippen molar-refractivity contribution in [2.24, 2.45) is 5.10 Å². The van der Waals surface area contributed by atoms with E-state index < -0.39 is 10.0 Å². The Balaban J connectivity index is 1.80. The van der Waals surface area contributed by atoms with Crippen LogP contribution < -0.4 is 0 Å². The Morgan fingerprint density at radius 2 is 1.76 bits per heavy atom. The van der Waals surface area contributed by atoms with Gasteiger partial charge in [0.1, 0.15) is 0 Å². The number of aryl methyl sites for hydroxylation is 1. The van der Waals surface area contributed by atoms with E-state index in [1.165, 1.54) is 3.97 Å². The SMILES string of the molecule is C=C[C@@H](/C=N/N1CCCC1)c1cn(S(=O)(=O)c2ccc(C)cc2)c2ccccc12. The standard InChI is InChI=1S/C23H25N3O2S/c1-3-19(16-24-25-14-6-7-15-25)22-17-26(23-9-5-4-8-21(22)23)29(27,28)20-12-10-18(2)11-13-20/h3-5,8-13,16-17,19H,1,6-7,14-15H2,2H3/b24-16+/t19-/m0/s1. The number of hydrogen-bond donors (Lipinski definition) is 0. The van der Waals surface area contributed by atoms with Crippen molar-refractivity contribution in [3.05, 3.63) is 78.5 Å². The Hall–Kier alpha value is -2.86. The molecule has 0 amide bonds. The largest absolute Gasteiger partial charge is 0.297 e. The maximum atomic E-state index is 13.3. The molecule has 1 aliphatic heterocycles. The molecule has 3 aromatic rings. The molecule has 1 aromatic heterocycles. The predicted molar refractivity (Wildman–Crippen MR) is 118 cm³/mol. The molecule has 29 heavy (non-hydrogen) atoms.